The van der Waals surface area contributed by atoms with Crippen LogP contribution in [0.2, 0.25) is 5.02 Å². The smallest absolute Gasteiger partial charge is 0.326 e. The molecule has 1 aliphatic heterocycles. The molecule has 4 rings (SSSR count). The topological polar surface area (TPSA) is 103 Å². The number of benzene rings is 2. The third-order valence-electron chi connectivity index (χ3n) is 4.36. The van der Waals surface area contributed by atoms with Gasteiger partial charge in [0.2, 0.25) is 11.7 Å². The molecule has 29 heavy (non-hydrogen) atoms. The van der Waals surface area contributed by atoms with Gasteiger partial charge in [-0.1, -0.05) is 47.1 Å². The Hall–Kier alpha value is -3.52. The maximum absolute atomic E-state index is 12.5. The van der Waals surface area contributed by atoms with Gasteiger partial charge in [-0.2, -0.15) is 4.98 Å². The summed E-state index contributed by atoms with van der Waals surface area (Å²) in [5.41, 5.74) is 1.63. The van der Waals surface area contributed by atoms with Crippen LogP contribution in [0, 0.1) is 0 Å². The minimum absolute atomic E-state index is 0.0556. The number of ether oxygens (including phenoxy) is 1. The molecule has 1 aromatic heterocycles. The third-order valence-corrected chi connectivity index (χ3v) is 4.69. The molecule has 0 unspecified atom stereocenters. The van der Waals surface area contributed by atoms with Crippen LogP contribution in [0.5, 0.6) is 0 Å². The molecule has 2 heterocycles. The summed E-state index contributed by atoms with van der Waals surface area (Å²) >= 11 is 6.09. The van der Waals surface area contributed by atoms with Gasteiger partial charge < -0.3 is 9.26 Å². The number of hydrogen-bond donors (Lipinski definition) is 0. The lowest BCUT2D eigenvalue weighted by molar-refractivity contribution is -0.149. The second-order valence-corrected chi connectivity index (χ2v) is 6.68. The summed E-state index contributed by atoms with van der Waals surface area (Å²) in [4.78, 5) is 41.8. The number of halogens is 1. The molecule has 0 spiro atoms. The van der Waals surface area contributed by atoms with E-state index in [1.165, 1.54) is 0 Å². The predicted molar refractivity (Wildman–Crippen MR) is 101 cm³/mol. The van der Waals surface area contributed by atoms with Crippen LogP contribution >= 0.6 is 11.6 Å². The lowest BCUT2D eigenvalue weighted by Gasteiger charge is -2.25. The highest BCUT2D eigenvalue weighted by Gasteiger charge is 2.32. The van der Waals surface area contributed by atoms with E-state index in [1.807, 2.05) is 0 Å². The number of amides is 2. The molecule has 0 atom stereocenters. The van der Waals surface area contributed by atoms with Crippen LogP contribution in [-0.2, 0) is 27.4 Å². The molecule has 0 bridgehead atoms. The number of imide groups is 1. The number of aromatic nitrogens is 2. The van der Waals surface area contributed by atoms with Gasteiger partial charge in [0.25, 0.3) is 11.8 Å². The average molecular weight is 412 g/mol. The Kier molecular flexibility index (Phi) is 5.09. The van der Waals surface area contributed by atoms with Crippen molar-refractivity contribution < 1.29 is 23.6 Å². The fourth-order valence-corrected chi connectivity index (χ4v) is 3.16. The lowest BCUT2D eigenvalue weighted by Crippen LogP contribution is -2.45. The standard InChI is InChI=1S/C20H14ClN3O5/c21-15-8-4-3-7-14(15)19-22-16(29-23-19)11-28-18(26)10-24-17(25)9-12-5-1-2-6-13(12)20(24)27/h1-8H,9-11H2. The van der Waals surface area contributed by atoms with Crippen molar-refractivity contribution in [2.45, 2.75) is 13.0 Å². The first-order chi connectivity index (χ1) is 14.0. The van der Waals surface area contributed by atoms with Gasteiger partial charge >= 0.3 is 5.97 Å². The van der Waals surface area contributed by atoms with Gasteiger partial charge in [0.05, 0.1) is 11.4 Å². The zero-order valence-corrected chi connectivity index (χ0v) is 15.8. The summed E-state index contributed by atoms with van der Waals surface area (Å²) in [6.07, 6.45) is 0.0556. The first-order valence-corrected chi connectivity index (χ1v) is 9.06. The van der Waals surface area contributed by atoms with Crippen molar-refractivity contribution in [3.63, 3.8) is 0 Å². The predicted octanol–water partition coefficient (Wildman–Crippen LogP) is 2.66. The molecule has 0 saturated heterocycles. The molecule has 8 nitrogen and oxygen atoms in total. The van der Waals surface area contributed by atoms with Crippen LogP contribution in [-0.4, -0.2) is 39.4 Å². The summed E-state index contributed by atoms with van der Waals surface area (Å²) in [5.74, 6) is -1.41. The van der Waals surface area contributed by atoms with E-state index >= 15 is 0 Å². The van der Waals surface area contributed by atoms with Crippen molar-refractivity contribution in [3.05, 3.63) is 70.6 Å². The Bertz CT molecular complexity index is 1110. The summed E-state index contributed by atoms with van der Waals surface area (Å²) in [5, 5.41) is 4.27. The molecule has 9 heteroatoms. The number of fused-ring (bicyclic) bond motifs is 1. The Morgan fingerprint density at radius 1 is 1.10 bits per heavy atom. The Morgan fingerprint density at radius 2 is 1.83 bits per heavy atom. The monoisotopic (exact) mass is 411 g/mol. The van der Waals surface area contributed by atoms with Gasteiger partial charge in [0.15, 0.2) is 6.61 Å². The number of hydrogen-bond acceptors (Lipinski definition) is 7. The van der Waals surface area contributed by atoms with Gasteiger partial charge in [-0.25, -0.2) is 0 Å². The summed E-state index contributed by atoms with van der Waals surface area (Å²) in [7, 11) is 0. The molecule has 3 aromatic rings. The van der Waals surface area contributed by atoms with Gasteiger partial charge in [-0.3, -0.25) is 19.3 Å². The van der Waals surface area contributed by atoms with Crippen LogP contribution in [0.1, 0.15) is 21.8 Å². The second kappa shape index (κ2) is 7.84. The van der Waals surface area contributed by atoms with Crippen molar-refractivity contribution in [2.75, 3.05) is 6.54 Å². The zero-order chi connectivity index (χ0) is 20.4. The fourth-order valence-electron chi connectivity index (χ4n) is 2.94. The number of nitrogens with zero attached hydrogens (tertiary/aromatic N) is 3. The maximum Gasteiger partial charge on any atom is 0.326 e. The zero-order valence-electron chi connectivity index (χ0n) is 15.0. The molecule has 146 valence electrons. The molecule has 0 N–H and O–H groups in total. The van der Waals surface area contributed by atoms with E-state index in [0.717, 1.165) is 4.90 Å². The van der Waals surface area contributed by atoms with E-state index in [0.29, 0.717) is 21.7 Å². The van der Waals surface area contributed by atoms with E-state index in [2.05, 4.69) is 10.1 Å². The van der Waals surface area contributed by atoms with Crippen LogP contribution < -0.4 is 0 Å². The molecule has 2 aromatic carbocycles. The van der Waals surface area contributed by atoms with E-state index in [1.54, 1.807) is 48.5 Å². The molecule has 0 saturated carbocycles. The van der Waals surface area contributed by atoms with Gasteiger partial charge in [0.1, 0.15) is 6.54 Å². The fraction of sp³-hybridized carbons (Fsp3) is 0.150. The molecule has 0 aliphatic carbocycles. The van der Waals surface area contributed by atoms with E-state index in [-0.39, 0.29) is 24.7 Å². The van der Waals surface area contributed by atoms with Crippen LogP contribution in [0.25, 0.3) is 11.4 Å². The van der Waals surface area contributed by atoms with Crippen molar-refractivity contribution in [3.8, 4) is 11.4 Å². The Morgan fingerprint density at radius 3 is 2.62 bits per heavy atom. The summed E-state index contributed by atoms with van der Waals surface area (Å²) in [6.45, 7) is -0.777. The number of carbonyl (C=O) groups excluding carboxylic acids is 3. The van der Waals surface area contributed by atoms with E-state index in [4.69, 9.17) is 20.9 Å². The first kappa shape index (κ1) is 18.8. The average Bonchev–Trinajstić information content (AvgIpc) is 3.19. The number of esters is 1. The molecular weight excluding hydrogens is 398 g/mol. The van der Waals surface area contributed by atoms with Crippen molar-refractivity contribution >= 4 is 29.4 Å². The minimum atomic E-state index is -0.761. The largest absolute Gasteiger partial charge is 0.454 e. The van der Waals surface area contributed by atoms with Crippen molar-refractivity contribution in [1.82, 2.24) is 15.0 Å². The van der Waals surface area contributed by atoms with Crippen molar-refractivity contribution in [2.24, 2.45) is 0 Å². The summed E-state index contributed by atoms with van der Waals surface area (Å²) in [6, 6.07) is 13.8. The van der Waals surface area contributed by atoms with Gasteiger partial charge in [-0.15, -0.1) is 0 Å². The third kappa shape index (κ3) is 3.88. The van der Waals surface area contributed by atoms with Gasteiger partial charge in [-0.05, 0) is 23.8 Å². The number of carbonyl (C=O) groups is 3. The molecule has 0 fully saturated rings. The molecular formula is C20H14ClN3O5. The van der Waals surface area contributed by atoms with Crippen LogP contribution in [0.3, 0.4) is 0 Å². The van der Waals surface area contributed by atoms with Crippen LogP contribution in [0.4, 0.5) is 0 Å². The quantitative estimate of drug-likeness (QED) is 0.469. The molecule has 1 aliphatic rings. The number of rotatable bonds is 5. The summed E-state index contributed by atoms with van der Waals surface area (Å²) < 4.78 is 10.1. The second-order valence-electron chi connectivity index (χ2n) is 6.27. The van der Waals surface area contributed by atoms with Crippen LogP contribution in [0.15, 0.2) is 53.1 Å². The highest BCUT2D eigenvalue weighted by atomic mass is 35.5. The maximum atomic E-state index is 12.5. The van der Waals surface area contributed by atoms with Gasteiger partial charge in [0, 0.05) is 11.1 Å². The molecule has 2 amide bonds. The SMILES string of the molecule is O=C(CN1C(=O)Cc2ccccc2C1=O)OCc1nc(-c2ccccc2Cl)no1. The lowest BCUT2D eigenvalue weighted by atomic mass is 9.98. The van der Waals surface area contributed by atoms with E-state index in [9.17, 15) is 14.4 Å². The minimum Gasteiger partial charge on any atom is -0.454 e. The van der Waals surface area contributed by atoms with E-state index < -0.39 is 24.3 Å². The van der Waals surface area contributed by atoms with Crippen molar-refractivity contribution in [1.29, 1.82) is 0 Å². The normalized spacial score (nSPS) is 13.3. The molecule has 0 radical (unpaired) electrons. The Labute approximate surface area is 170 Å². The highest BCUT2D eigenvalue weighted by molar-refractivity contribution is 6.33. The Balaban J connectivity index is 1.38. The first-order valence-electron chi connectivity index (χ1n) is 8.68. The highest BCUT2D eigenvalue weighted by Crippen LogP contribution is 2.25.